The Morgan fingerprint density at radius 3 is 2.89 bits per heavy atom. The van der Waals surface area contributed by atoms with Crippen LogP contribution >= 0.6 is 0 Å². The van der Waals surface area contributed by atoms with Crippen molar-refractivity contribution in [3.05, 3.63) is 18.7 Å². The van der Waals surface area contributed by atoms with Crippen LogP contribution < -0.4 is 0 Å². The molecule has 1 aromatic heterocycles. The number of aromatic nitrogens is 2. The smallest absolute Gasteiger partial charge is 0.307 e. The van der Waals surface area contributed by atoms with Gasteiger partial charge in [0, 0.05) is 38.4 Å². The van der Waals surface area contributed by atoms with Crippen LogP contribution in [0.25, 0.3) is 0 Å². The molecule has 1 saturated heterocycles. The molecule has 0 radical (unpaired) electrons. The Balaban J connectivity index is 1.50. The molecule has 19 heavy (non-hydrogen) atoms. The maximum absolute atomic E-state index is 12.1. The van der Waals surface area contributed by atoms with Gasteiger partial charge in [-0.25, -0.2) is 4.98 Å². The number of hydrogen-bond acceptors (Lipinski definition) is 3. The second kappa shape index (κ2) is 4.68. The number of carboxylic acid groups (broad SMARTS) is 1. The number of amides is 1. The summed E-state index contributed by atoms with van der Waals surface area (Å²) in [6.07, 6.45) is 6.50. The van der Waals surface area contributed by atoms with Crippen LogP contribution in [0.1, 0.15) is 12.8 Å². The molecule has 0 unspecified atom stereocenters. The molecule has 1 aliphatic heterocycles. The van der Waals surface area contributed by atoms with Crippen LogP contribution in [0.5, 0.6) is 0 Å². The number of likely N-dealkylation sites (tertiary alicyclic amines) is 1. The standard InChI is InChI=1S/C13H17N3O3/c17-11(2-4-15-6-3-14-8-15)16-5-1-9-10(7-16)12(9)13(18)19/h3,6,8-10,12H,1-2,4-5,7H2,(H,18,19)/t9-,10+,12-/m1/s1. The third-order valence-corrected chi connectivity index (χ3v) is 4.28. The zero-order valence-electron chi connectivity index (χ0n) is 10.6. The summed E-state index contributed by atoms with van der Waals surface area (Å²) in [5, 5.41) is 9.02. The van der Waals surface area contributed by atoms with Crippen LogP contribution in [0.15, 0.2) is 18.7 Å². The topological polar surface area (TPSA) is 75.4 Å². The van der Waals surface area contributed by atoms with E-state index < -0.39 is 5.97 Å². The average Bonchev–Trinajstić information content (AvgIpc) is 2.89. The molecule has 3 rings (SSSR count). The molecular weight excluding hydrogens is 246 g/mol. The van der Waals surface area contributed by atoms with E-state index in [0.717, 1.165) is 6.42 Å². The molecule has 1 aromatic rings. The third kappa shape index (κ3) is 2.34. The van der Waals surface area contributed by atoms with E-state index >= 15 is 0 Å². The number of carboxylic acids is 1. The minimum Gasteiger partial charge on any atom is -0.481 e. The first-order valence-electron chi connectivity index (χ1n) is 6.63. The van der Waals surface area contributed by atoms with Crippen molar-refractivity contribution in [2.24, 2.45) is 17.8 Å². The van der Waals surface area contributed by atoms with Gasteiger partial charge in [-0.1, -0.05) is 0 Å². The second-order valence-electron chi connectivity index (χ2n) is 5.37. The summed E-state index contributed by atoms with van der Waals surface area (Å²) in [5.41, 5.74) is 0. The number of nitrogens with zero attached hydrogens (tertiary/aromatic N) is 3. The lowest BCUT2D eigenvalue weighted by Crippen LogP contribution is -2.37. The van der Waals surface area contributed by atoms with Gasteiger partial charge >= 0.3 is 5.97 Å². The summed E-state index contributed by atoms with van der Waals surface area (Å²) in [4.78, 5) is 28.8. The van der Waals surface area contributed by atoms with Gasteiger partial charge in [0.25, 0.3) is 0 Å². The molecule has 1 saturated carbocycles. The van der Waals surface area contributed by atoms with Crippen LogP contribution in [0.3, 0.4) is 0 Å². The van der Waals surface area contributed by atoms with Gasteiger partial charge in [-0.15, -0.1) is 0 Å². The molecule has 1 amide bonds. The normalized spacial score (nSPS) is 28.8. The lowest BCUT2D eigenvalue weighted by Gasteiger charge is -2.26. The van der Waals surface area contributed by atoms with Crippen molar-refractivity contribution in [3.63, 3.8) is 0 Å². The number of hydrogen-bond donors (Lipinski definition) is 1. The van der Waals surface area contributed by atoms with E-state index in [4.69, 9.17) is 5.11 Å². The Kier molecular flexibility index (Phi) is 3.00. The fourth-order valence-electron chi connectivity index (χ4n) is 3.13. The number of aryl methyl sites for hydroxylation is 1. The van der Waals surface area contributed by atoms with Crippen molar-refractivity contribution >= 4 is 11.9 Å². The van der Waals surface area contributed by atoms with Crippen LogP contribution in [-0.4, -0.2) is 44.5 Å². The predicted octanol–water partition coefficient (Wildman–Crippen LogP) is 0.452. The SMILES string of the molecule is O=C(O)[C@@H]1[C@@H]2CCN(C(=O)CCn3ccnc3)C[C@@H]21. The van der Waals surface area contributed by atoms with Crippen LogP contribution in [0.2, 0.25) is 0 Å². The molecule has 0 bridgehead atoms. The van der Waals surface area contributed by atoms with E-state index in [-0.39, 0.29) is 17.7 Å². The molecule has 2 heterocycles. The fourth-order valence-corrected chi connectivity index (χ4v) is 3.13. The van der Waals surface area contributed by atoms with Crippen molar-refractivity contribution in [2.75, 3.05) is 13.1 Å². The molecule has 1 N–H and O–H groups in total. The first-order chi connectivity index (χ1) is 9.16. The zero-order valence-corrected chi connectivity index (χ0v) is 10.6. The molecule has 0 spiro atoms. The molecular formula is C13H17N3O3. The number of fused-ring (bicyclic) bond motifs is 1. The van der Waals surface area contributed by atoms with Crippen LogP contribution in [-0.2, 0) is 16.1 Å². The molecule has 6 heteroatoms. The Bertz CT molecular complexity index is 485. The van der Waals surface area contributed by atoms with E-state index in [1.54, 1.807) is 12.5 Å². The quantitative estimate of drug-likeness (QED) is 0.856. The summed E-state index contributed by atoms with van der Waals surface area (Å²) in [6.45, 7) is 1.95. The summed E-state index contributed by atoms with van der Waals surface area (Å²) < 4.78 is 1.88. The Morgan fingerprint density at radius 2 is 2.21 bits per heavy atom. The van der Waals surface area contributed by atoms with Crippen LogP contribution in [0.4, 0.5) is 0 Å². The summed E-state index contributed by atoms with van der Waals surface area (Å²) in [7, 11) is 0. The second-order valence-corrected chi connectivity index (χ2v) is 5.37. The van der Waals surface area contributed by atoms with Gasteiger partial charge in [-0.2, -0.15) is 0 Å². The number of aliphatic carboxylic acids is 1. The third-order valence-electron chi connectivity index (χ3n) is 4.28. The van der Waals surface area contributed by atoms with Gasteiger partial charge in [0.1, 0.15) is 0 Å². The molecule has 2 fully saturated rings. The molecule has 3 atom stereocenters. The first-order valence-corrected chi connectivity index (χ1v) is 6.63. The summed E-state index contributed by atoms with van der Waals surface area (Å²) in [6, 6.07) is 0. The van der Waals surface area contributed by atoms with Crippen molar-refractivity contribution in [1.82, 2.24) is 14.5 Å². The predicted molar refractivity (Wildman–Crippen MR) is 66.1 cm³/mol. The highest BCUT2D eigenvalue weighted by Crippen LogP contribution is 2.51. The molecule has 2 aliphatic rings. The van der Waals surface area contributed by atoms with E-state index in [1.807, 2.05) is 15.7 Å². The first kappa shape index (κ1) is 12.2. The summed E-state index contributed by atoms with van der Waals surface area (Å²) in [5.74, 6) is -0.323. The zero-order chi connectivity index (χ0) is 13.4. The van der Waals surface area contributed by atoms with Gasteiger partial charge in [0.15, 0.2) is 0 Å². The minimum atomic E-state index is -0.706. The molecule has 6 nitrogen and oxygen atoms in total. The van der Waals surface area contributed by atoms with E-state index in [1.165, 1.54) is 0 Å². The minimum absolute atomic E-state index is 0.114. The van der Waals surface area contributed by atoms with E-state index in [2.05, 4.69) is 4.98 Å². The summed E-state index contributed by atoms with van der Waals surface area (Å²) >= 11 is 0. The van der Waals surface area contributed by atoms with Gasteiger partial charge in [-0.05, 0) is 18.3 Å². The number of piperidine rings is 1. The molecule has 102 valence electrons. The van der Waals surface area contributed by atoms with Gasteiger partial charge < -0.3 is 14.6 Å². The highest BCUT2D eigenvalue weighted by molar-refractivity contribution is 5.78. The number of imidazole rings is 1. The largest absolute Gasteiger partial charge is 0.481 e. The maximum atomic E-state index is 12.1. The fraction of sp³-hybridized carbons (Fsp3) is 0.615. The number of carbonyl (C=O) groups is 2. The lowest BCUT2D eigenvalue weighted by molar-refractivity contribution is -0.139. The number of rotatable bonds is 4. The highest BCUT2D eigenvalue weighted by atomic mass is 16.4. The van der Waals surface area contributed by atoms with E-state index in [0.29, 0.717) is 32.0 Å². The monoisotopic (exact) mass is 263 g/mol. The Hall–Kier alpha value is -1.85. The van der Waals surface area contributed by atoms with Gasteiger partial charge in [-0.3, -0.25) is 9.59 Å². The molecule has 0 aromatic carbocycles. The van der Waals surface area contributed by atoms with Crippen molar-refractivity contribution in [2.45, 2.75) is 19.4 Å². The Morgan fingerprint density at radius 1 is 1.37 bits per heavy atom. The van der Waals surface area contributed by atoms with E-state index in [9.17, 15) is 9.59 Å². The highest BCUT2D eigenvalue weighted by Gasteiger charge is 2.57. The van der Waals surface area contributed by atoms with Crippen molar-refractivity contribution in [1.29, 1.82) is 0 Å². The van der Waals surface area contributed by atoms with Gasteiger partial charge in [0.2, 0.25) is 5.91 Å². The van der Waals surface area contributed by atoms with Crippen LogP contribution in [0, 0.1) is 17.8 Å². The van der Waals surface area contributed by atoms with Gasteiger partial charge in [0.05, 0.1) is 12.2 Å². The lowest BCUT2D eigenvalue weighted by atomic mass is 10.1. The Labute approximate surface area is 111 Å². The van der Waals surface area contributed by atoms with Crippen molar-refractivity contribution in [3.8, 4) is 0 Å². The van der Waals surface area contributed by atoms with Crippen molar-refractivity contribution < 1.29 is 14.7 Å². The molecule has 1 aliphatic carbocycles. The average molecular weight is 263 g/mol. The maximum Gasteiger partial charge on any atom is 0.307 e. The number of carbonyl (C=O) groups excluding carboxylic acids is 1.